The molecular formula is C10H17N3O3. The van der Waals surface area contributed by atoms with Gasteiger partial charge >= 0.3 is 5.69 Å². The Bertz CT molecular complexity index is 378. The summed E-state index contributed by atoms with van der Waals surface area (Å²) in [6.45, 7) is 0.0615. The zero-order valence-electron chi connectivity index (χ0n) is 9.04. The van der Waals surface area contributed by atoms with Crippen LogP contribution in [0.25, 0.3) is 0 Å². The highest BCUT2D eigenvalue weighted by Crippen LogP contribution is 2.15. The molecule has 0 saturated heterocycles. The molecule has 0 amide bonds. The topological polar surface area (TPSA) is 101 Å². The van der Waals surface area contributed by atoms with Gasteiger partial charge in [-0.25, -0.2) is 4.79 Å². The van der Waals surface area contributed by atoms with Crippen molar-refractivity contribution < 1.29 is 10.2 Å². The van der Waals surface area contributed by atoms with Gasteiger partial charge in [-0.3, -0.25) is 4.57 Å². The second kappa shape index (κ2) is 6.24. The first-order valence-corrected chi connectivity index (χ1v) is 5.25. The predicted molar refractivity (Wildman–Crippen MR) is 60.0 cm³/mol. The number of nitrogens with zero attached hydrogens (tertiary/aromatic N) is 2. The van der Waals surface area contributed by atoms with Crippen LogP contribution in [0, 0.1) is 0 Å². The molecule has 6 nitrogen and oxygen atoms in total. The smallest absolute Gasteiger partial charge is 0.349 e. The predicted octanol–water partition coefficient (Wildman–Crippen LogP) is -0.479. The molecule has 16 heavy (non-hydrogen) atoms. The number of aliphatic hydroxyl groups is 2. The molecule has 6 heteroatoms. The minimum atomic E-state index is -0.420. The Hall–Kier alpha value is -1.40. The zero-order chi connectivity index (χ0) is 12.0. The van der Waals surface area contributed by atoms with Crippen molar-refractivity contribution in [3.05, 3.63) is 22.7 Å². The molecule has 0 aliphatic carbocycles. The van der Waals surface area contributed by atoms with Crippen molar-refractivity contribution in [1.82, 2.24) is 9.55 Å². The van der Waals surface area contributed by atoms with Gasteiger partial charge in [0.05, 0.1) is 0 Å². The Morgan fingerprint density at radius 3 is 2.69 bits per heavy atom. The number of nitrogen functional groups attached to an aromatic ring is 1. The molecule has 0 aliphatic heterocycles. The highest BCUT2D eigenvalue weighted by atomic mass is 16.3. The highest BCUT2D eigenvalue weighted by Gasteiger charge is 2.12. The molecule has 0 saturated carbocycles. The van der Waals surface area contributed by atoms with E-state index >= 15 is 0 Å². The summed E-state index contributed by atoms with van der Waals surface area (Å²) in [5.74, 6) is 0.186. The molecule has 90 valence electrons. The second-order valence-electron chi connectivity index (χ2n) is 3.57. The van der Waals surface area contributed by atoms with E-state index in [0.717, 1.165) is 0 Å². The van der Waals surface area contributed by atoms with E-state index in [2.05, 4.69) is 4.98 Å². The number of aliphatic hydroxyl groups excluding tert-OH is 2. The van der Waals surface area contributed by atoms with Gasteiger partial charge in [-0.15, -0.1) is 0 Å². The monoisotopic (exact) mass is 227 g/mol. The minimum absolute atomic E-state index is 0.00703. The van der Waals surface area contributed by atoms with Crippen LogP contribution in [0.4, 0.5) is 5.82 Å². The van der Waals surface area contributed by atoms with E-state index in [1.54, 1.807) is 12.3 Å². The summed E-state index contributed by atoms with van der Waals surface area (Å²) in [6.07, 6.45) is 3.25. The van der Waals surface area contributed by atoms with Crippen LogP contribution in [0.2, 0.25) is 0 Å². The molecule has 0 aromatic carbocycles. The summed E-state index contributed by atoms with van der Waals surface area (Å²) in [4.78, 5) is 15.2. The molecule has 0 radical (unpaired) electrons. The summed E-state index contributed by atoms with van der Waals surface area (Å²) in [6, 6.07) is 1.41. The summed E-state index contributed by atoms with van der Waals surface area (Å²) in [5.41, 5.74) is 4.97. The Labute approximate surface area is 93.4 Å². The largest absolute Gasteiger partial charge is 0.396 e. The summed E-state index contributed by atoms with van der Waals surface area (Å²) < 4.78 is 1.45. The summed E-state index contributed by atoms with van der Waals surface area (Å²) in [7, 11) is 0. The van der Waals surface area contributed by atoms with Gasteiger partial charge in [-0.2, -0.15) is 4.98 Å². The van der Waals surface area contributed by atoms with E-state index in [4.69, 9.17) is 15.9 Å². The fourth-order valence-electron chi connectivity index (χ4n) is 1.60. The zero-order valence-corrected chi connectivity index (χ0v) is 9.04. The van der Waals surface area contributed by atoms with Gasteiger partial charge in [-0.1, -0.05) is 0 Å². The molecule has 1 heterocycles. The highest BCUT2D eigenvalue weighted by molar-refractivity contribution is 5.23. The molecule has 0 spiro atoms. The normalized spacial score (nSPS) is 12.6. The van der Waals surface area contributed by atoms with Crippen LogP contribution < -0.4 is 11.4 Å². The average molecular weight is 227 g/mol. The van der Waals surface area contributed by atoms with Gasteiger partial charge in [0.2, 0.25) is 0 Å². The fraction of sp³-hybridized carbons (Fsp3) is 0.600. The third-order valence-corrected chi connectivity index (χ3v) is 2.40. The van der Waals surface area contributed by atoms with Gasteiger partial charge < -0.3 is 15.9 Å². The van der Waals surface area contributed by atoms with Crippen molar-refractivity contribution in [3.63, 3.8) is 0 Å². The lowest BCUT2D eigenvalue weighted by molar-refractivity contribution is 0.230. The first kappa shape index (κ1) is 12.7. The van der Waals surface area contributed by atoms with Crippen LogP contribution in [0.3, 0.4) is 0 Å². The summed E-state index contributed by atoms with van der Waals surface area (Å²) in [5, 5.41) is 17.7. The number of hydrogen-bond donors (Lipinski definition) is 3. The molecule has 1 atom stereocenters. The first-order chi connectivity index (χ1) is 7.69. The third-order valence-electron chi connectivity index (χ3n) is 2.40. The number of nitrogens with two attached hydrogens (primary N) is 1. The van der Waals surface area contributed by atoms with Crippen molar-refractivity contribution in [1.29, 1.82) is 0 Å². The van der Waals surface area contributed by atoms with Crippen molar-refractivity contribution in [3.8, 4) is 0 Å². The number of aromatic nitrogens is 2. The maximum atomic E-state index is 11.5. The number of hydrogen-bond acceptors (Lipinski definition) is 5. The van der Waals surface area contributed by atoms with Gasteiger partial charge in [-0.05, 0) is 25.3 Å². The molecule has 0 aliphatic rings. The maximum absolute atomic E-state index is 11.5. The van der Waals surface area contributed by atoms with Crippen molar-refractivity contribution >= 4 is 5.82 Å². The van der Waals surface area contributed by atoms with Crippen molar-refractivity contribution in [2.24, 2.45) is 0 Å². The second-order valence-corrected chi connectivity index (χ2v) is 3.57. The Kier molecular flexibility index (Phi) is 4.94. The van der Waals surface area contributed by atoms with Crippen LogP contribution >= 0.6 is 0 Å². The van der Waals surface area contributed by atoms with Crippen molar-refractivity contribution in [2.75, 3.05) is 18.9 Å². The van der Waals surface area contributed by atoms with Gasteiger partial charge in [0, 0.05) is 25.5 Å². The standard InChI is InChI=1S/C10H17N3O3/c11-9-3-5-13(10(16)12-9)8(4-7-15)2-1-6-14/h3,5,8,14-15H,1-2,4,6-7H2,(H2,11,12,16). The molecular weight excluding hydrogens is 210 g/mol. The number of anilines is 1. The van der Waals surface area contributed by atoms with E-state index in [1.165, 1.54) is 4.57 Å². The quantitative estimate of drug-likeness (QED) is 0.609. The van der Waals surface area contributed by atoms with E-state index in [0.29, 0.717) is 19.3 Å². The van der Waals surface area contributed by atoms with E-state index in [-0.39, 0.29) is 25.1 Å². The Morgan fingerprint density at radius 1 is 1.38 bits per heavy atom. The van der Waals surface area contributed by atoms with E-state index < -0.39 is 5.69 Å². The minimum Gasteiger partial charge on any atom is -0.396 e. The molecule has 1 unspecified atom stereocenters. The third kappa shape index (κ3) is 3.32. The molecule has 1 aromatic heterocycles. The molecule has 0 bridgehead atoms. The van der Waals surface area contributed by atoms with Gasteiger partial charge in [0.25, 0.3) is 0 Å². The molecule has 1 rings (SSSR count). The van der Waals surface area contributed by atoms with Crippen LogP contribution in [0.5, 0.6) is 0 Å². The SMILES string of the molecule is Nc1ccn(C(CCO)CCCO)c(=O)n1. The average Bonchev–Trinajstić information content (AvgIpc) is 2.25. The first-order valence-electron chi connectivity index (χ1n) is 5.25. The Balaban J connectivity index is 2.87. The molecule has 4 N–H and O–H groups in total. The lowest BCUT2D eigenvalue weighted by atomic mass is 10.1. The van der Waals surface area contributed by atoms with Crippen LogP contribution in [-0.2, 0) is 0 Å². The summed E-state index contributed by atoms with van der Waals surface area (Å²) >= 11 is 0. The molecule has 0 fully saturated rings. The van der Waals surface area contributed by atoms with Crippen LogP contribution in [-0.4, -0.2) is 33.0 Å². The van der Waals surface area contributed by atoms with E-state index in [1.807, 2.05) is 0 Å². The van der Waals surface area contributed by atoms with Crippen molar-refractivity contribution in [2.45, 2.75) is 25.3 Å². The van der Waals surface area contributed by atoms with E-state index in [9.17, 15) is 4.79 Å². The molecule has 1 aromatic rings. The van der Waals surface area contributed by atoms with Gasteiger partial charge in [0.15, 0.2) is 0 Å². The lowest BCUT2D eigenvalue weighted by Gasteiger charge is -2.17. The fourth-order valence-corrected chi connectivity index (χ4v) is 1.60. The van der Waals surface area contributed by atoms with Gasteiger partial charge in [0.1, 0.15) is 5.82 Å². The Morgan fingerprint density at radius 2 is 2.12 bits per heavy atom. The van der Waals surface area contributed by atoms with Crippen LogP contribution in [0.1, 0.15) is 25.3 Å². The maximum Gasteiger partial charge on any atom is 0.349 e. The van der Waals surface area contributed by atoms with Crippen LogP contribution in [0.15, 0.2) is 17.1 Å². The lowest BCUT2D eigenvalue weighted by Crippen LogP contribution is -2.28. The number of rotatable bonds is 6.